The molecule has 4 rings (SSSR count). The van der Waals surface area contributed by atoms with Gasteiger partial charge in [-0.3, -0.25) is 14.5 Å². The molecule has 6 nitrogen and oxygen atoms in total. The highest BCUT2D eigenvalue weighted by atomic mass is 16.2. The second-order valence-corrected chi connectivity index (χ2v) is 8.22. The van der Waals surface area contributed by atoms with Gasteiger partial charge in [0.25, 0.3) is 0 Å². The van der Waals surface area contributed by atoms with E-state index in [1.54, 1.807) is 0 Å². The molecule has 0 bridgehead atoms. The van der Waals surface area contributed by atoms with Crippen molar-refractivity contribution in [1.29, 1.82) is 0 Å². The Morgan fingerprint density at radius 2 is 1.72 bits per heavy atom. The molecule has 166 valence electrons. The van der Waals surface area contributed by atoms with Gasteiger partial charge in [-0.25, -0.2) is 0 Å². The Balaban J connectivity index is 1.46. The van der Waals surface area contributed by atoms with E-state index in [1.807, 2.05) is 50.5 Å². The predicted molar refractivity (Wildman–Crippen MR) is 126 cm³/mol. The van der Waals surface area contributed by atoms with Crippen LogP contribution in [0.5, 0.6) is 0 Å². The molecule has 1 atom stereocenters. The number of carbonyl (C=O) groups excluding carboxylic acids is 2. The Hall–Kier alpha value is -3.38. The maximum absolute atomic E-state index is 12.6. The van der Waals surface area contributed by atoms with Gasteiger partial charge in [-0.2, -0.15) is 0 Å². The van der Waals surface area contributed by atoms with Crippen molar-refractivity contribution < 1.29 is 9.59 Å². The molecule has 6 heteroatoms. The van der Waals surface area contributed by atoms with Gasteiger partial charge in [0.05, 0.1) is 6.04 Å². The number of anilines is 1. The fraction of sp³-hybridized carbons (Fsp3) is 0.308. The number of nitrogens with zero attached hydrogens (tertiary/aromatic N) is 2. The zero-order chi connectivity index (χ0) is 22.5. The third-order valence-corrected chi connectivity index (χ3v) is 6.23. The quantitative estimate of drug-likeness (QED) is 0.589. The van der Waals surface area contributed by atoms with Crippen molar-refractivity contribution in [3.8, 4) is 0 Å². The first-order valence-corrected chi connectivity index (χ1v) is 11.2. The van der Waals surface area contributed by atoms with E-state index < -0.39 is 11.8 Å². The van der Waals surface area contributed by atoms with Crippen molar-refractivity contribution >= 4 is 17.5 Å². The smallest absolute Gasteiger partial charge is 0.313 e. The van der Waals surface area contributed by atoms with E-state index in [4.69, 9.17) is 0 Å². The average molecular weight is 431 g/mol. The number of hydrogen-bond acceptors (Lipinski definition) is 3. The first-order valence-electron chi connectivity index (χ1n) is 11.2. The standard InChI is InChI=1S/C26H30N4O2/c1-3-19-9-6-7-12-22(19)28-26(32)25(31)27-17-24(23-13-8-15-29(23)2)30-16-14-20-10-4-5-11-21(20)18-30/h4-13,15,24H,3,14,16-18H2,1-2H3,(H,27,31)(H,28,32). The van der Waals surface area contributed by atoms with E-state index in [-0.39, 0.29) is 6.04 Å². The summed E-state index contributed by atoms with van der Waals surface area (Å²) in [6.07, 6.45) is 3.76. The molecule has 32 heavy (non-hydrogen) atoms. The summed E-state index contributed by atoms with van der Waals surface area (Å²) in [4.78, 5) is 27.6. The molecule has 2 heterocycles. The van der Waals surface area contributed by atoms with Gasteiger partial charge < -0.3 is 15.2 Å². The summed E-state index contributed by atoms with van der Waals surface area (Å²) in [6.45, 7) is 4.10. The van der Waals surface area contributed by atoms with Crippen LogP contribution < -0.4 is 10.6 Å². The molecule has 0 fully saturated rings. The van der Waals surface area contributed by atoms with Gasteiger partial charge in [-0.05, 0) is 47.7 Å². The monoisotopic (exact) mass is 430 g/mol. The van der Waals surface area contributed by atoms with E-state index in [1.165, 1.54) is 11.1 Å². The van der Waals surface area contributed by atoms with E-state index in [2.05, 4.69) is 50.4 Å². The van der Waals surface area contributed by atoms with E-state index in [0.29, 0.717) is 12.2 Å². The van der Waals surface area contributed by atoms with Crippen LogP contribution in [0.3, 0.4) is 0 Å². The van der Waals surface area contributed by atoms with Crippen LogP contribution in [0.2, 0.25) is 0 Å². The molecular weight excluding hydrogens is 400 g/mol. The zero-order valence-corrected chi connectivity index (χ0v) is 18.7. The van der Waals surface area contributed by atoms with Gasteiger partial charge in [-0.15, -0.1) is 0 Å². The van der Waals surface area contributed by atoms with Crippen molar-refractivity contribution in [1.82, 2.24) is 14.8 Å². The summed E-state index contributed by atoms with van der Waals surface area (Å²) in [5.41, 5.74) is 5.50. The highest BCUT2D eigenvalue weighted by Gasteiger charge is 2.27. The van der Waals surface area contributed by atoms with Crippen molar-refractivity contribution in [3.63, 3.8) is 0 Å². The molecule has 1 unspecified atom stereocenters. The van der Waals surface area contributed by atoms with Crippen LogP contribution in [0.25, 0.3) is 0 Å². The Bertz CT molecular complexity index is 1100. The number of fused-ring (bicyclic) bond motifs is 1. The summed E-state index contributed by atoms with van der Waals surface area (Å²) < 4.78 is 2.08. The number of hydrogen-bond donors (Lipinski definition) is 2. The fourth-order valence-corrected chi connectivity index (χ4v) is 4.42. The van der Waals surface area contributed by atoms with Crippen LogP contribution >= 0.6 is 0 Å². The van der Waals surface area contributed by atoms with Crippen LogP contribution in [-0.4, -0.2) is 34.4 Å². The van der Waals surface area contributed by atoms with Crippen molar-refractivity contribution in [2.75, 3.05) is 18.4 Å². The summed E-state index contributed by atoms with van der Waals surface area (Å²) in [6, 6.07) is 20.1. The van der Waals surface area contributed by atoms with Gasteiger partial charge in [0.1, 0.15) is 0 Å². The van der Waals surface area contributed by atoms with E-state index in [0.717, 1.165) is 37.2 Å². The third-order valence-electron chi connectivity index (χ3n) is 6.23. The molecule has 1 aliphatic heterocycles. The molecule has 0 saturated heterocycles. The summed E-state index contributed by atoms with van der Waals surface area (Å²) in [7, 11) is 2.01. The molecule has 2 aromatic carbocycles. The lowest BCUT2D eigenvalue weighted by molar-refractivity contribution is -0.136. The van der Waals surface area contributed by atoms with Gasteiger partial charge in [0, 0.05) is 44.3 Å². The molecule has 3 aromatic rings. The number of amides is 2. The first-order chi connectivity index (χ1) is 15.6. The predicted octanol–water partition coefficient (Wildman–Crippen LogP) is 3.44. The summed E-state index contributed by atoms with van der Waals surface area (Å²) in [5.74, 6) is -1.26. The van der Waals surface area contributed by atoms with Gasteiger partial charge in [-0.1, -0.05) is 49.4 Å². The molecule has 0 saturated carbocycles. The van der Waals surface area contributed by atoms with Crippen LogP contribution in [0.1, 0.15) is 35.3 Å². The van der Waals surface area contributed by atoms with Crippen LogP contribution in [0.15, 0.2) is 66.9 Å². The number of carbonyl (C=O) groups is 2. The lowest BCUT2D eigenvalue weighted by atomic mass is 9.98. The lowest BCUT2D eigenvalue weighted by Gasteiger charge is -2.36. The maximum atomic E-state index is 12.6. The zero-order valence-electron chi connectivity index (χ0n) is 18.7. The van der Waals surface area contributed by atoms with Crippen molar-refractivity contribution in [3.05, 3.63) is 89.2 Å². The number of benzene rings is 2. The van der Waals surface area contributed by atoms with Gasteiger partial charge in [0.2, 0.25) is 0 Å². The minimum atomic E-state index is -0.638. The third kappa shape index (κ3) is 4.75. The number of aryl methyl sites for hydroxylation is 2. The highest BCUT2D eigenvalue weighted by Crippen LogP contribution is 2.27. The van der Waals surface area contributed by atoms with Gasteiger partial charge in [0.15, 0.2) is 0 Å². The number of nitrogens with one attached hydrogen (secondary N) is 2. The maximum Gasteiger partial charge on any atom is 0.313 e. The Morgan fingerprint density at radius 1 is 0.969 bits per heavy atom. The van der Waals surface area contributed by atoms with Crippen molar-refractivity contribution in [2.45, 2.75) is 32.4 Å². The molecule has 1 aliphatic rings. The molecule has 0 radical (unpaired) electrons. The summed E-state index contributed by atoms with van der Waals surface area (Å²) >= 11 is 0. The second-order valence-electron chi connectivity index (χ2n) is 8.22. The average Bonchev–Trinajstić information content (AvgIpc) is 3.24. The molecule has 0 spiro atoms. The topological polar surface area (TPSA) is 66.4 Å². The number of para-hydroxylation sites is 1. The number of rotatable bonds is 6. The molecule has 0 aliphatic carbocycles. The van der Waals surface area contributed by atoms with E-state index >= 15 is 0 Å². The second kappa shape index (κ2) is 9.83. The molecule has 2 N–H and O–H groups in total. The SMILES string of the molecule is CCc1ccccc1NC(=O)C(=O)NCC(c1cccn1C)N1CCc2ccccc2C1. The molecular formula is C26H30N4O2. The Kier molecular flexibility index (Phi) is 6.71. The Labute approximate surface area is 189 Å². The summed E-state index contributed by atoms with van der Waals surface area (Å²) in [5, 5.41) is 5.62. The van der Waals surface area contributed by atoms with Crippen LogP contribution in [-0.2, 0) is 36.0 Å². The fourth-order valence-electron chi connectivity index (χ4n) is 4.42. The lowest BCUT2D eigenvalue weighted by Crippen LogP contribution is -2.44. The largest absolute Gasteiger partial charge is 0.353 e. The van der Waals surface area contributed by atoms with Crippen molar-refractivity contribution in [2.24, 2.45) is 7.05 Å². The van der Waals surface area contributed by atoms with Crippen LogP contribution in [0, 0.1) is 0 Å². The minimum absolute atomic E-state index is 0.0250. The highest BCUT2D eigenvalue weighted by molar-refractivity contribution is 6.39. The van der Waals surface area contributed by atoms with E-state index in [9.17, 15) is 9.59 Å². The molecule has 1 aromatic heterocycles. The first kappa shape index (κ1) is 21.8. The normalized spacial score (nSPS) is 14.4. The van der Waals surface area contributed by atoms with Crippen LogP contribution in [0.4, 0.5) is 5.69 Å². The number of aromatic nitrogens is 1. The molecule has 2 amide bonds. The Morgan fingerprint density at radius 3 is 2.47 bits per heavy atom. The minimum Gasteiger partial charge on any atom is -0.353 e. The van der Waals surface area contributed by atoms with Gasteiger partial charge >= 0.3 is 11.8 Å².